The monoisotopic (exact) mass is 526 g/mol. The van der Waals surface area contributed by atoms with Gasteiger partial charge in [-0.25, -0.2) is 12.7 Å². The van der Waals surface area contributed by atoms with Crippen LogP contribution in [-0.2, 0) is 29.9 Å². The van der Waals surface area contributed by atoms with E-state index in [1.54, 1.807) is 31.2 Å². The molecule has 0 aromatic heterocycles. The van der Waals surface area contributed by atoms with E-state index in [1.165, 1.54) is 48.2 Å². The molecule has 1 atom stereocenters. The van der Waals surface area contributed by atoms with Gasteiger partial charge in [0.25, 0.3) is 17.6 Å². The van der Waals surface area contributed by atoms with E-state index >= 15 is 0 Å². The topological polar surface area (TPSA) is 119 Å². The van der Waals surface area contributed by atoms with Crippen LogP contribution >= 0.6 is 0 Å². The Kier molecular flexibility index (Phi) is 6.74. The molecule has 11 heteroatoms. The van der Waals surface area contributed by atoms with Gasteiger partial charge >= 0.3 is 0 Å². The van der Waals surface area contributed by atoms with E-state index < -0.39 is 38.9 Å². The van der Waals surface area contributed by atoms with Crippen molar-refractivity contribution in [3.63, 3.8) is 0 Å². The molecule has 1 spiro atoms. The zero-order chi connectivity index (χ0) is 27.3. The molecule has 196 valence electrons. The number of carbonyl (C=O) groups is 3. The van der Waals surface area contributed by atoms with E-state index in [2.05, 4.69) is 0 Å². The van der Waals surface area contributed by atoms with E-state index in [0.29, 0.717) is 24.3 Å². The van der Waals surface area contributed by atoms with Crippen molar-refractivity contribution in [2.24, 2.45) is 0 Å². The number of aliphatic hydroxyl groups excluding tert-OH is 1. The normalized spacial score (nSPS) is 21.1. The minimum Gasteiger partial charge on any atom is -0.507 e. The summed E-state index contributed by atoms with van der Waals surface area (Å²) in [5.41, 5.74) is -1.05. The number of aliphatic hydroxyl groups is 1. The minimum atomic E-state index is -3.72. The van der Waals surface area contributed by atoms with Crippen molar-refractivity contribution < 1.29 is 27.9 Å². The van der Waals surface area contributed by atoms with Gasteiger partial charge in [0.1, 0.15) is 5.76 Å². The van der Waals surface area contributed by atoms with Gasteiger partial charge in [0.2, 0.25) is 10.0 Å². The summed E-state index contributed by atoms with van der Waals surface area (Å²) in [6.07, 6.45) is 0. The van der Waals surface area contributed by atoms with Crippen LogP contribution in [0.3, 0.4) is 0 Å². The number of fused-ring (bicyclic) bond motifs is 2. The van der Waals surface area contributed by atoms with Crippen LogP contribution in [0.15, 0.2) is 59.0 Å². The number of sulfonamides is 1. The Hall–Kier alpha value is -3.54. The molecule has 37 heavy (non-hydrogen) atoms. The SMILES string of the molecule is CCN1C(=O)[C@]2(C(=C(O)c3ccc(S(=O)(=O)N(C)C)cc3)C(=O)C(=O)N2CCN(C)C)c2ccccc21. The van der Waals surface area contributed by atoms with E-state index in [4.69, 9.17) is 0 Å². The lowest BCUT2D eigenvalue weighted by Gasteiger charge is -2.35. The zero-order valence-corrected chi connectivity index (χ0v) is 22.2. The van der Waals surface area contributed by atoms with Gasteiger partial charge in [-0.05, 0) is 51.4 Å². The number of benzene rings is 2. The number of para-hydroxylation sites is 1. The smallest absolute Gasteiger partial charge is 0.296 e. The first-order valence-electron chi connectivity index (χ1n) is 11.8. The van der Waals surface area contributed by atoms with Gasteiger partial charge in [0.05, 0.1) is 16.2 Å². The number of hydrogen-bond acceptors (Lipinski definition) is 7. The van der Waals surface area contributed by atoms with E-state index in [-0.39, 0.29) is 22.6 Å². The molecule has 2 aromatic carbocycles. The van der Waals surface area contributed by atoms with Crippen LogP contribution in [0.1, 0.15) is 18.1 Å². The summed E-state index contributed by atoms with van der Waals surface area (Å²) in [5, 5.41) is 11.5. The van der Waals surface area contributed by atoms with Gasteiger partial charge in [0.15, 0.2) is 5.54 Å². The van der Waals surface area contributed by atoms with Crippen molar-refractivity contribution in [1.82, 2.24) is 14.1 Å². The standard InChI is InChI=1S/C26H30N4O6S/c1-6-29-20-10-8-7-9-19(20)26(25(29)34)21(23(32)24(33)30(26)16-15-27(2)3)22(31)17-11-13-18(14-12-17)37(35,36)28(4)5/h7-14,31H,6,15-16H2,1-5H3/t26-/m1/s1. The second kappa shape index (κ2) is 9.40. The third kappa shape index (κ3) is 3.85. The summed E-state index contributed by atoms with van der Waals surface area (Å²) in [6.45, 7) is 2.55. The van der Waals surface area contributed by atoms with E-state index in [1.807, 2.05) is 19.0 Å². The lowest BCUT2D eigenvalue weighted by molar-refractivity contribution is -0.143. The van der Waals surface area contributed by atoms with Gasteiger partial charge < -0.3 is 19.8 Å². The summed E-state index contributed by atoms with van der Waals surface area (Å²) < 4.78 is 26.0. The number of ketones is 1. The van der Waals surface area contributed by atoms with Crippen LogP contribution in [0.4, 0.5) is 5.69 Å². The van der Waals surface area contributed by atoms with Crippen molar-refractivity contribution in [1.29, 1.82) is 0 Å². The summed E-state index contributed by atoms with van der Waals surface area (Å²) >= 11 is 0. The number of amides is 2. The first kappa shape index (κ1) is 26.5. The fraction of sp³-hybridized carbons (Fsp3) is 0.346. The second-order valence-electron chi connectivity index (χ2n) is 9.40. The van der Waals surface area contributed by atoms with E-state index in [0.717, 1.165) is 4.31 Å². The number of carbonyl (C=O) groups excluding carboxylic acids is 3. The molecule has 4 rings (SSSR count). The molecule has 0 unspecified atom stereocenters. The molecule has 1 saturated heterocycles. The molecule has 2 aliphatic heterocycles. The zero-order valence-electron chi connectivity index (χ0n) is 21.4. The van der Waals surface area contributed by atoms with Gasteiger partial charge in [-0.1, -0.05) is 18.2 Å². The molecule has 0 aliphatic carbocycles. The molecule has 0 saturated carbocycles. The highest BCUT2D eigenvalue weighted by atomic mass is 32.2. The quantitative estimate of drug-likeness (QED) is 0.330. The van der Waals surface area contributed by atoms with E-state index in [9.17, 15) is 27.9 Å². The lowest BCUT2D eigenvalue weighted by Crippen LogP contribution is -2.53. The Labute approximate surface area is 216 Å². The largest absolute Gasteiger partial charge is 0.507 e. The van der Waals surface area contributed by atoms with Gasteiger partial charge in [-0.2, -0.15) is 0 Å². The highest BCUT2D eigenvalue weighted by molar-refractivity contribution is 7.89. The molecular formula is C26H30N4O6S. The number of Topliss-reactive ketones (excluding diaryl/α,β-unsaturated/α-hetero) is 1. The Bertz CT molecular complexity index is 1410. The third-order valence-electron chi connectivity index (χ3n) is 6.80. The van der Waals surface area contributed by atoms with Crippen LogP contribution in [0, 0.1) is 0 Å². The first-order chi connectivity index (χ1) is 17.4. The average molecular weight is 527 g/mol. The van der Waals surface area contributed by atoms with Gasteiger partial charge in [-0.15, -0.1) is 0 Å². The molecule has 2 aliphatic rings. The van der Waals surface area contributed by atoms with Crippen molar-refractivity contribution in [3.05, 3.63) is 65.2 Å². The molecule has 2 aromatic rings. The van der Waals surface area contributed by atoms with Crippen LogP contribution in [0.2, 0.25) is 0 Å². The molecule has 0 bridgehead atoms. The molecule has 1 fully saturated rings. The maximum absolute atomic E-state index is 14.1. The van der Waals surface area contributed by atoms with Crippen LogP contribution in [0.5, 0.6) is 0 Å². The summed E-state index contributed by atoms with van der Waals surface area (Å²) in [5.74, 6) is -2.89. The molecule has 0 radical (unpaired) electrons. The Morgan fingerprint density at radius 2 is 1.59 bits per heavy atom. The van der Waals surface area contributed by atoms with Gasteiger partial charge in [-0.3, -0.25) is 14.4 Å². The Morgan fingerprint density at radius 3 is 2.16 bits per heavy atom. The third-order valence-corrected chi connectivity index (χ3v) is 8.63. The molecule has 10 nitrogen and oxygen atoms in total. The fourth-order valence-corrected chi connectivity index (χ4v) is 5.82. The molecule has 2 amide bonds. The maximum Gasteiger partial charge on any atom is 0.296 e. The van der Waals surface area contributed by atoms with Crippen molar-refractivity contribution >= 4 is 39.1 Å². The molecule has 1 N–H and O–H groups in total. The summed E-state index contributed by atoms with van der Waals surface area (Å²) in [7, 11) is 2.71. The van der Waals surface area contributed by atoms with Crippen molar-refractivity contribution in [3.8, 4) is 0 Å². The second-order valence-corrected chi connectivity index (χ2v) is 11.6. The van der Waals surface area contributed by atoms with Crippen molar-refractivity contribution in [2.75, 3.05) is 52.7 Å². The molecule has 2 heterocycles. The lowest BCUT2D eigenvalue weighted by atomic mass is 9.82. The Morgan fingerprint density at radius 1 is 0.973 bits per heavy atom. The number of likely N-dealkylation sites (tertiary alicyclic amines) is 1. The van der Waals surface area contributed by atoms with Crippen LogP contribution < -0.4 is 4.90 Å². The predicted molar refractivity (Wildman–Crippen MR) is 138 cm³/mol. The van der Waals surface area contributed by atoms with Crippen LogP contribution in [0.25, 0.3) is 5.76 Å². The number of likely N-dealkylation sites (N-methyl/N-ethyl adjacent to an activating group) is 2. The van der Waals surface area contributed by atoms with Crippen LogP contribution in [-0.4, -0.2) is 93.1 Å². The number of rotatable bonds is 7. The maximum atomic E-state index is 14.1. The first-order valence-corrected chi connectivity index (χ1v) is 13.2. The highest BCUT2D eigenvalue weighted by Gasteiger charge is 2.66. The number of hydrogen-bond donors (Lipinski definition) is 1. The number of nitrogens with zero attached hydrogens (tertiary/aromatic N) is 4. The number of anilines is 1. The van der Waals surface area contributed by atoms with Crippen molar-refractivity contribution in [2.45, 2.75) is 17.4 Å². The summed E-state index contributed by atoms with van der Waals surface area (Å²) in [4.78, 5) is 45.6. The summed E-state index contributed by atoms with van der Waals surface area (Å²) in [6, 6.07) is 12.3. The minimum absolute atomic E-state index is 0.00496. The molecular weight excluding hydrogens is 496 g/mol. The van der Waals surface area contributed by atoms with Gasteiger partial charge in [0, 0.05) is 44.9 Å². The fourth-order valence-electron chi connectivity index (χ4n) is 4.92. The highest BCUT2D eigenvalue weighted by Crippen LogP contribution is 2.53. The Balaban J connectivity index is 1.98. The predicted octanol–water partition coefficient (Wildman–Crippen LogP) is 1.44. The average Bonchev–Trinajstić information content (AvgIpc) is 3.24.